The number of hydrogen-bond acceptors (Lipinski definition) is 5. The Hall–Kier alpha value is -1.96. The second kappa shape index (κ2) is 6.58. The zero-order valence-corrected chi connectivity index (χ0v) is 15.4. The quantitative estimate of drug-likeness (QED) is 0.760. The Morgan fingerprint density at radius 3 is 2.78 bits per heavy atom. The summed E-state index contributed by atoms with van der Waals surface area (Å²) in [7, 11) is 0. The number of carbonyl (C=O) groups is 1. The van der Waals surface area contributed by atoms with Crippen LogP contribution in [-0.2, 0) is 10.3 Å². The summed E-state index contributed by atoms with van der Waals surface area (Å²) in [5, 5.41) is 22.1. The number of aliphatic hydroxyl groups is 1. The van der Waals surface area contributed by atoms with Gasteiger partial charge in [0, 0.05) is 44.0 Å². The van der Waals surface area contributed by atoms with Crippen molar-refractivity contribution in [3.63, 3.8) is 0 Å². The van der Waals surface area contributed by atoms with E-state index in [9.17, 15) is 9.90 Å². The topological polar surface area (TPSA) is 90.5 Å². The van der Waals surface area contributed by atoms with E-state index in [4.69, 9.17) is 4.74 Å². The average molecular weight is 370 g/mol. The van der Waals surface area contributed by atoms with Crippen LogP contribution in [0.15, 0.2) is 18.2 Å². The molecule has 4 fully saturated rings. The number of rotatable bonds is 3. The van der Waals surface area contributed by atoms with Gasteiger partial charge in [-0.1, -0.05) is 6.07 Å². The van der Waals surface area contributed by atoms with Crippen LogP contribution in [0.5, 0.6) is 0 Å². The van der Waals surface area contributed by atoms with E-state index in [-0.39, 0.29) is 11.9 Å². The van der Waals surface area contributed by atoms with Crippen LogP contribution in [0.1, 0.15) is 41.7 Å². The molecule has 0 aliphatic carbocycles. The number of fused-ring (bicyclic) bond motifs is 4. The molecule has 7 heteroatoms. The molecule has 6 rings (SSSR count). The van der Waals surface area contributed by atoms with Gasteiger partial charge in [0.15, 0.2) is 5.69 Å². The van der Waals surface area contributed by atoms with Crippen molar-refractivity contribution in [1.29, 1.82) is 0 Å². The number of nitrogens with zero attached hydrogens (tertiary/aromatic N) is 2. The van der Waals surface area contributed by atoms with E-state index in [1.54, 1.807) is 0 Å². The number of amides is 1. The molecule has 4 saturated heterocycles. The van der Waals surface area contributed by atoms with Crippen molar-refractivity contribution in [2.75, 3.05) is 32.8 Å². The lowest BCUT2D eigenvalue weighted by atomic mass is 9.84. The molecule has 7 nitrogen and oxygen atoms in total. The van der Waals surface area contributed by atoms with Gasteiger partial charge in [0.25, 0.3) is 5.91 Å². The zero-order chi connectivity index (χ0) is 18.4. The monoisotopic (exact) mass is 370 g/mol. The number of carbonyl (C=O) groups excluding carboxylic acids is 1. The Labute approximate surface area is 158 Å². The van der Waals surface area contributed by atoms with Gasteiger partial charge in [-0.2, -0.15) is 5.10 Å². The maximum atomic E-state index is 12.8. The van der Waals surface area contributed by atoms with Crippen LogP contribution in [-0.4, -0.2) is 65.0 Å². The van der Waals surface area contributed by atoms with Gasteiger partial charge in [0.2, 0.25) is 0 Å². The van der Waals surface area contributed by atoms with Crippen LogP contribution >= 0.6 is 0 Å². The first-order chi connectivity index (χ1) is 13.1. The van der Waals surface area contributed by atoms with E-state index in [2.05, 4.69) is 20.4 Å². The van der Waals surface area contributed by atoms with E-state index in [0.29, 0.717) is 37.7 Å². The molecule has 2 bridgehead atoms. The summed E-state index contributed by atoms with van der Waals surface area (Å²) in [5.74, 6) is 0.469. The van der Waals surface area contributed by atoms with E-state index in [0.717, 1.165) is 48.9 Å². The summed E-state index contributed by atoms with van der Waals surface area (Å²) >= 11 is 0. The van der Waals surface area contributed by atoms with Gasteiger partial charge in [-0.15, -0.1) is 0 Å². The number of aromatic amines is 1. The summed E-state index contributed by atoms with van der Waals surface area (Å²) in [6.07, 6.45) is 3.49. The first kappa shape index (κ1) is 17.2. The van der Waals surface area contributed by atoms with Gasteiger partial charge in [-0.05, 0) is 49.5 Å². The maximum Gasteiger partial charge on any atom is 0.272 e. The average Bonchev–Trinajstić information content (AvgIpc) is 3.13. The van der Waals surface area contributed by atoms with Crippen molar-refractivity contribution in [1.82, 2.24) is 20.4 Å². The van der Waals surface area contributed by atoms with Crippen LogP contribution in [0, 0.1) is 5.92 Å². The number of H-pyrrole nitrogens is 1. The molecule has 27 heavy (non-hydrogen) atoms. The molecule has 144 valence electrons. The molecule has 0 radical (unpaired) electrons. The largest absolute Gasteiger partial charge is 0.385 e. The molecule has 1 aromatic heterocycles. The third-order valence-corrected chi connectivity index (χ3v) is 6.61. The Balaban J connectivity index is 1.37. The summed E-state index contributed by atoms with van der Waals surface area (Å²) in [5.41, 5.74) is 1.21. The molecule has 3 N–H and O–H groups in total. The molecular weight excluding hydrogens is 344 g/mol. The lowest BCUT2D eigenvalue weighted by molar-refractivity contribution is -0.0678. The molecule has 1 amide bonds. The van der Waals surface area contributed by atoms with Crippen molar-refractivity contribution in [3.8, 4) is 0 Å². The molecule has 4 aliphatic rings. The second-order valence-corrected chi connectivity index (χ2v) is 8.19. The first-order valence-corrected chi connectivity index (χ1v) is 9.94. The van der Waals surface area contributed by atoms with E-state index < -0.39 is 5.60 Å². The maximum absolute atomic E-state index is 12.8. The Bertz CT molecular complexity index is 850. The minimum absolute atomic E-state index is 0.113. The number of benzene rings is 1. The summed E-state index contributed by atoms with van der Waals surface area (Å²) in [4.78, 5) is 15.3. The van der Waals surface area contributed by atoms with Crippen LogP contribution in [0.25, 0.3) is 10.9 Å². The minimum Gasteiger partial charge on any atom is -0.385 e. The fourth-order valence-electron chi connectivity index (χ4n) is 4.85. The standard InChI is InChI=1S/C20H26N4O3/c25-19(21-17-12-24-7-3-13(17)4-8-24)18-15-2-1-14(11-16(15)22-23-18)20(26)5-9-27-10-6-20/h1-2,11,13,17,26H,3-10,12H2,(H,21,25)(H,22,23)/t17-/m0/s1. The van der Waals surface area contributed by atoms with E-state index in [1.807, 2.05) is 18.2 Å². The summed E-state index contributed by atoms with van der Waals surface area (Å²) in [6, 6.07) is 5.94. The molecule has 5 heterocycles. The highest BCUT2D eigenvalue weighted by Gasteiger charge is 2.36. The molecule has 1 atom stereocenters. The zero-order valence-electron chi connectivity index (χ0n) is 15.4. The number of nitrogens with one attached hydrogen (secondary N) is 2. The molecule has 4 aliphatic heterocycles. The molecule has 2 aromatic rings. The minimum atomic E-state index is -0.865. The fraction of sp³-hybridized carbons (Fsp3) is 0.600. The van der Waals surface area contributed by atoms with E-state index >= 15 is 0 Å². The van der Waals surface area contributed by atoms with Gasteiger partial charge >= 0.3 is 0 Å². The van der Waals surface area contributed by atoms with Crippen molar-refractivity contribution in [2.45, 2.75) is 37.3 Å². The van der Waals surface area contributed by atoms with Gasteiger partial charge in [0.05, 0.1) is 11.1 Å². The first-order valence-electron chi connectivity index (χ1n) is 9.94. The SMILES string of the molecule is O=C(N[C@H]1CN2CCC1CC2)c1n[nH]c2cc(C3(O)CCOCC3)ccc12. The third kappa shape index (κ3) is 3.03. The Morgan fingerprint density at radius 2 is 2.07 bits per heavy atom. The number of hydrogen-bond donors (Lipinski definition) is 3. The lowest BCUT2D eigenvalue weighted by Crippen LogP contribution is -2.57. The predicted molar refractivity (Wildman–Crippen MR) is 100 cm³/mol. The van der Waals surface area contributed by atoms with E-state index in [1.165, 1.54) is 0 Å². The molecule has 1 aromatic carbocycles. The normalized spacial score (nSPS) is 29.7. The molecule has 0 unspecified atom stereocenters. The fourth-order valence-corrected chi connectivity index (χ4v) is 4.85. The van der Waals surface area contributed by atoms with Crippen LogP contribution < -0.4 is 5.32 Å². The van der Waals surface area contributed by atoms with Crippen molar-refractivity contribution in [3.05, 3.63) is 29.5 Å². The third-order valence-electron chi connectivity index (χ3n) is 6.61. The van der Waals surface area contributed by atoms with Crippen LogP contribution in [0.4, 0.5) is 0 Å². The van der Waals surface area contributed by atoms with Crippen molar-refractivity contribution < 1.29 is 14.6 Å². The van der Waals surface area contributed by atoms with Gasteiger partial charge < -0.3 is 20.1 Å². The number of aromatic nitrogens is 2. The molecule has 0 spiro atoms. The highest BCUT2D eigenvalue weighted by molar-refractivity contribution is 6.04. The van der Waals surface area contributed by atoms with Crippen LogP contribution in [0.2, 0.25) is 0 Å². The summed E-state index contributed by atoms with van der Waals surface area (Å²) < 4.78 is 5.37. The van der Waals surface area contributed by atoms with Gasteiger partial charge in [-0.25, -0.2) is 0 Å². The van der Waals surface area contributed by atoms with Crippen LogP contribution in [0.3, 0.4) is 0 Å². The molecule has 0 saturated carbocycles. The van der Waals surface area contributed by atoms with Crippen molar-refractivity contribution >= 4 is 16.8 Å². The second-order valence-electron chi connectivity index (χ2n) is 8.19. The Kier molecular flexibility index (Phi) is 4.18. The highest BCUT2D eigenvalue weighted by atomic mass is 16.5. The molecular formula is C20H26N4O3. The van der Waals surface area contributed by atoms with Crippen molar-refractivity contribution in [2.24, 2.45) is 5.92 Å². The predicted octanol–water partition coefficient (Wildman–Crippen LogP) is 1.38. The van der Waals surface area contributed by atoms with Gasteiger partial charge in [-0.3, -0.25) is 9.89 Å². The van der Waals surface area contributed by atoms with Gasteiger partial charge in [0.1, 0.15) is 0 Å². The number of ether oxygens (including phenoxy) is 1. The lowest BCUT2D eigenvalue weighted by Gasteiger charge is -2.44. The Morgan fingerprint density at radius 1 is 1.30 bits per heavy atom. The summed E-state index contributed by atoms with van der Waals surface area (Å²) in [6.45, 7) is 4.37. The smallest absolute Gasteiger partial charge is 0.272 e. The highest BCUT2D eigenvalue weighted by Crippen LogP contribution is 2.34. The number of piperidine rings is 3.